The number of hydrogen-bond donors (Lipinski definition) is 1. The van der Waals surface area contributed by atoms with Gasteiger partial charge < -0.3 is 5.84 Å². The van der Waals surface area contributed by atoms with Crippen LogP contribution in [0.3, 0.4) is 0 Å². The van der Waals surface area contributed by atoms with Crippen LogP contribution in [0.15, 0.2) is 42.5 Å². The predicted molar refractivity (Wildman–Crippen MR) is 100 cm³/mol. The SMILES string of the molecule is Cc1c(-c2c(C(C)C)cccc2C(C)C)c2ccccc2n1N. The third kappa shape index (κ3) is 2.42. The molecule has 120 valence electrons. The fraction of sp³-hybridized carbons (Fsp3) is 0.333. The molecule has 0 atom stereocenters. The molecule has 0 aliphatic carbocycles. The van der Waals surface area contributed by atoms with E-state index in [0.717, 1.165) is 11.2 Å². The van der Waals surface area contributed by atoms with Crippen LogP contribution in [0.2, 0.25) is 0 Å². The largest absolute Gasteiger partial charge is 0.339 e. The lowest BCUT2D eigenvalue weighted by Gasteiger charge is -2.20. The third-order valence-electron chi connectivity index (χ3n) is 4.78. The van der Waals surface area contributed by atoms with Crippen LogP contribution >= 0.6 is 0 Å². The molecule has 1 heterocycles. The minimum atomic E-state index is 0.475. The molecule has 0 radical (unpaired) electrons. The van der Waals surface area contributed by atoms with E-state index in [2.05, 4.69) is 71.0 Å². The number of nitrogens with zero attached hydrogens (tertiary/aromatic N) is 1. The molecule has 0 fully saturated rings. The number of aromatic nitrogens is 1. The number of hydrogen-bond acceptors (Lipinski definition) is 1. The number of fused-ring (bicyclic) bond motifs is 1. The number of para-hydroxylation sites is 1. The van der Waals surface area contributed by atoms with Crippen molar-refractivity contribution >= 4 is 10.9 Å². The minimum absolute atomic E-state index is 0.475. The Kier molecular flexibility index (Phi) is 3.93. The predicted octanol–water partition coefficient (Wildman–Crippen LogP) is 5.58. The summed E-state index contributed by atoms with van der Waals surface area (Å²) in [6.45, 7) is 11.2. The van der Waals surface area contributed by atoms with E-state index in [0.29, 0.717) is 11.8 Å². The average Bonchev–Trinajstić information content (AvgIpc) is 2.78. The minimum Gasteiger partial charge on any atom is -0.339 e. The van der Waals surface area contributed by atoms with Crippen LogP contribution in [0.5, 0.6) is 0 Å². The summed E-state index contributed by atoms with van der Waals surface area (Å²) in [4.78, 5) is 0. The van der Waals surface area contributed by atoms with Crippen LogP contribution in [-0.4, -0.2) is 4.68 Å². The molecular weight excluding hydrogens is 280 g/mol. The van der Waals surface area contributed by atoms with Gasteiger partial charge in [0.05, 0.1) is 5.52 Å². The Bertz CT molecular complexity index is 827. The first-order chi connectivity index (χ1) is 10.9. The van der Waals surface area contributed by atoms with Crippen molar-refractivity contribution in [2.75, 3.05) is 5.84 Å². The Balaban J connectivity index is 2.46. The van der Waals surface area contributed by atoms with Gasteiger partial charge in [0.1, 0.15) is 0 Å². The molecule has 2 aromatic carbocycles. The highest BCUT2D eigenvalue weighted by molar-refractivity contribution is 5.99. The summed E-state index contributed by atoms with van der Waals surface area (Å²) >= 11 is 0. The van der Waals surface area contributed by atoms with Gasteiger partial charge in [0.15, 0.2) is 0 Å². The van der Waals surface area contributed by atoms with Gasteiger partial charge in [-0.15, -0.1) is 0 Å². The lowest BCUT2D eigenvalue weighted by Crippen LogP contribution is -2.09. The number of nitrogens with two attached hydrogens (primary N) is 1. The summed E-state index contributed by atoms with van der Waals surface area (Å²) in [5, 5.41) is 1.24. The molecule has 0 amide bonds. The first kappa shape index (κ1) is 15.7. The van der Waals surface area contributed by atoms with E-state index in [1.54, 1.807) is 0 Å². The Hall–Kier alpha value is -2.22. The summed E-state index contributed by atoms with van der Waals surface area (Å²) in [5.41, 5.74) is 7.67. The van der Waals surface area contributed by atoms with E-state index >= 15 is 0 Å². The fourth-order valence-corrected chi connectivity index (χ4v) is 3.55. The van der Waals surface area contributed by atoms with Crippen molar-refractivity contribution in [3.63, 3.8) is 0 Å². The van der Waals surface area contributed by atoms with Crippen molar-refractivity contribution in [1.29, 1.82) is 0 Å². The molecule has 3 aromatic rings. The van der Waals surface area contributed by atoms with E-state index in [1.807, 2.05) is 10.7 Å². The van der Waals surface area contributed by atoms with Gasteiger partial charge in [-0.2, -0.15) is 0 Å². The van der Waals surface area contributed by atoms with E-state index < -0.39 is 0 Å². The van der Waals surface area contributed by atoms with Crippen LogP contribution in [0.25, 0.3) is 22.0 Å². The molecule has 0 spiro atoms. The maximum atomic E-state index is 6.35. The van der Waals surface area contributed by atoms with E-state index in [9.17, 15) is 0 Å². The van der Waals surface area contributed by atoms with Crippen LogP contribution in [0.4, 0.5) is 0 Å². The molecule has 0 unspecified atom stereocenters. The van der Waals surface area contributed by atoms with Gasteiger partial charge in [0.25, 0.3) is 0 Å². The molecule has 3 rings (SSSR count). The summed E-state index contributed by atoms with van der Waals surface area (Å²) in [6, 6.07) is 15.1. The second-order valence-electron chi connectivity index (χ2n) is 6.97. The number of benzene rings is 2. The molecule has 0 aliphatic heterocycles. The second kappa shape index (κ2) is 5.77. The Labute approximate surface area is 138 Å². The summed E-state index contributed by atoms with van der Waals surface area (Å²) in [7, 11) is 0. The molecule has 0 aliphatic rings. The van der Waals surface area contributed by atoms with Gasteiger partial charge >= 0.3 is 0 Å². The van der Waals surface area contributed by atoms with Gasteiger partial charge in [-0.1, -0.05) is 64.1 Å². The highest BCUT2D eigenvalue weighted by Gasteiger charge is 2.21. The summed E-state index contributed by atoms with van der Waals surface area (Å²) in [6.07, 6.45) is 0. The van der Waals surface area contributed by atoms with Gasteiger partial charge in [0, 0.05) is 16.6 Å². The van der Waals surface area contributed by atoms with Gasteiger partial charge in [-0.3, -0.25) is 4.68 Å². The van der Waals surface area contributed by atoms with E-state index in [-0.39, 0.29) is 0 Å². The smallest absolute Gasteiger partial charge is 0.0699 e. The van der Waals surface area contributed by atoms with Crippen LogP contribution in [-0.2, 0) is 0 Å². The van der Waals surface area contributed by atoms with Crippen molar-refractivity contribution in [2.24, 2.45) is 0 Å². The van der Waals surface area contributed by atoms with Crippen molar-refractivity contribution in [3.8, 4) is 11.1 Å². The monoisotopic (exact) mass is 306 g/mol. The van der Waals surface area contributed by atoms with E-state index in [1.165, 1.54) is 27.6 Å². The van der Waals surface area contributed by atoms with Crippen LogP contribution in [0, 0.1) is 6.92 Å². The lowest BCUT2D eigenvalue weighted by molar-refractivity contribution is 0.837. The van der Waals surface area contributed by atoms with Crippen molar-refractivity contribution < 1.29 is 0 Å². The zero-order valence-corrected chi connectivity index (χ0v) is 14.7. The average molecular weight is 306 g/mol. The molecule has 23 heavy (non-hydrogen) atoms. The van der Waals surface area contributed by atoms with Crippen molar-refractivity contribution in [1.82, 2.24) is 4.68 Å². The first-order valence-electron chi connectivity index (χ1n) is 8.41. The Morgan fingerprint density at radius 3 is 1.91 bits per heavy atom. The second-order valence-corrected chi connectivity index (χ2v) is 6.97. The van der Waals surface area contributed by atoms with Crippen molar-refractivity contribution in [2.45, 2.75) is 46.5 Å². The maximum absolute atomic E-state index is 6.35. The number of rotatable bonds is 3. The highest BCUT2D eigenvalue weighted by Crippen LogP contribution is 2.41. The zero-order chi connectivity index (χ0) is 16.7. The maximum Gasteiger partial charge on any atom is 0.0699 e. The fourth-order valence-electron chi connectivity index (χ4n) is 3.55. The number of nitrogen functional groups attached to an aromatic ring is 1. The first-order valence-corrected chi connectivity index (χ1v) is 8.41. The normalized spacial score (nSPS) is 11.8. The topological polar surface area (TPSA) is 30.9 Å². The van der Waals surface area contributed by atoms with Gasteiger partial charge in [-0.25, -0.2) is 0 Å². The molecular formula is C21H26N2. The molecule has 0 saturated carbocycles. The molecule has 0 saturated heterocycles. The zero-order valence-electron chi connectivity index (χ0n) is 14.7. The molecule has 2 nitrogen and oxygen atoms in total. The van der Waals surface area contributed by atoms with E-state index in [4.69, 9.17) is 5.84 Å². The third-order valence-corrected chi connectivity index (χ3v) is 4.78. The summed E-state index contributed by atoms with van der Waals surface area (Å²) in [5.74, 6) is 7.30. The van der Waals surface area contributed by atoms with Crippen LogP contribution < -0.4 is 5.84 Å². The molecule has 0 bridgehead atoms. The molecule has 1 aromatic heterocycles. The highest BCUT2D eigenvalue weighted by atomic mass is 15.3. The quantitative estimate of drug-likeness (QED) is 0.629. The molecule has 2 N–H and O–H groups in total. The van der Waals surface area contributed by atoms with Gasteiger partial charge in [0.2, 0.25) is 0 Å². The standard InChI is InChI=1S/C21H26N2/c1-13(2)16-10-8-11-17(14(3)4)21(16)20-15(5)23(22)19-12-7-6-9-18(19)20/h6-14H,22H2,1-5H3. The Morgan fingerprint density at radius 2 is 1.35 bits per heavy atom. The van der Waals surface area contributed by atoms with Crippen LogP contribution in [0.1, 0.15) is 56.4 Å². The molecule has 2 heteroatoms. The lowest BCUT2D eigenvalue weighted by atomic mass is 9.84. The van der Waals surface area contributed by atoms with Crippen molar-refractivity contribution in [3.05, 3.63) is 59.3 Å². The summed E-state index contributed by atoms with van der Waals surface area (Å²) < 4.78 is 1.83. The Morgan fingerprint density at radius 1 is 0.783 bits per heavy atom. The van der Waals surface area contributed by atoms with Gasteiger partial charge in [-0.05, 0) is 41.5 Å².